The minimum absolute atomic E-state index is 0.768. The Hall–Kier alpha value is -0.480. The number of hydrogen-bond donors (Lipinski definition) is 1. The number of halogens is 2. The molecule has 0 unspecified atom stereocenters. The molecule has 1 nitrogen and oxygen atoms in total. The van der Waals surface area contributed by atoms with Gasteiger partial charge in [0.05, 0.1) is 0 Å². The summed E-state index contributed by atoms with van der Waals surface area (Å²) < 4.78 is 1.12. The van der Waals surface area contributed by atoms with Crippen LogP contribution >= 0.6 is 39.3 Å². The predicted molar refractivity (Wildman–Crippen MR) is 87.1 cm³/mol. The fourth-order valence-corrected chi connectivity index (χ4v) is 3.47. The smallest absolute Gasteiger partial charge is 0.0417 e. The van der Waals surface area contributed by atoms with Crippen LogP contribution in [-0.2, 0) is 6.54 Å². The maximum Gasteiger partial charge on any atom is 0.0417 e. The molecule has 2 aromatic carbocycles. The minimum Gasteiger partial charge on any atom is -0.313 e. The van der Waals surface area contributed by atoms with E-state index in [2.05, 4.69) is 52.4 Å². The van der Waals surface area contributed by atoms with Crippen molar-refractivity contribution in [1.82, 2.24) is 5.32 Å². The van der Waals surface area contributed by atoms with E-state index in [1.165, 1.54) is 10.5 Å². The zero-order chi connectivity index (χ0) is 13.7. The van der Waals surface area contributed by atoms with Gasteiger partial charge in [0.25, 0.3) is 0 Å². The molecule has 0 fully saturated rings. The highest BCUT2D eigenvalue weighted by atomic mass is 79.9. The van der Waals surface area contributed by atoms with E-state index in [1.807, 2.05) is 18.2 Å². The van der Waals surface area contributed by atoms with Crippen LogP contribution in [0.25, 0.3) is 0 Å². The molecule has 0 radical (unpaired) electrons. The van der Waals surface area contributed by atoms with Crippen molar-refractivity contribution in [2.75, 3.05) is 6.54 Å². The van der Waals surface area contributed by atoms with E-state index >= 15 is 0 Å². The zero-order valence-electron chi connectivity index (χ0n) is 10.6. The largest absolute Gasteiger partial charge is 0.313 e. The van der Waals surface area contributed by atoms with Crippen molar-refractivity contribution in [3.8, 4) is 0 Å². The molecule has 19 heavy (non-hydrogen) atoms. The van der Waals surface area contributed by atoms with Crippen LogP contribution in [-0.4, -0.2) is 6.54 Å². The van der Waals surface area contributed by atoms with E-state index in [0.29, 0.717) is 0 Å². The zero-order valence-corrected chi connectivity index (χ0v) is 13.8. The molecule has 0 aliphatic carbocycles. The van der Waals surface area contributed by atoms with Gasteiger partial charge < -0.3 is 5.32 Å². The fraction of sp³-hybridized carbons (Fsp3) is 0.200. The average molecular weight is 357 g/mol. The summed E-state index contributed by atoms with van der Waals surface area (Å²) in [4.78, 5) is 2.34. The first-order chi connectivity index (χ1) is 9.19. The molecule has 0 saturated carbocycles. The van der Waals surface area contributed by atoms with Crippen molar-refractivity contribution in [2.24, 2.45) is 0 Å². The molecule has 0 heterocycles. The van der Waals surface area contributed by atoms with Gasteiger partial charge in [0.1, 0.15) is 0 Å². The Morgan fingerprint density at radius 3 is 2.74 bits per heavy atom. The summed E-state index contributed by atoms with van der Waals surface area (Å²) in [6, 6.07) is 14.4. The Balaban J connectivity index is 2.13. The second kappa shape index (κ2) is 7.34. The highest BCUT2D eigenvalue weighted by Gasteiger charge is 2.04. The van der Waals surface area contributed by atoms with Gasteiger partial charge in [-0.3, -0.25) is 0 Å². The van der Waals surface area contributed by atoms with Crippen molar-refractivity contribution >= 4 is 39.3 Å². The molecule has 0 aliphatic heterocycles. The minimum atomic E-state index is 0.768. The van der Waals surface area contributed by atoms with Crippen LogP contribution in [0.2, 0.25) is 5.02 Å². The number of benzene rings is 2. The molecule has 0 aliphatic rings. The molecule has 1 N–H and O–H groups in total. The summed E-state index contributed by atoms with van der Waals surface area (Å²) in [6.45, 7) is 3.99. The van der Waals surface area contributed by atoms with Crippen molar-refractivity contribution in [1.29, 1.82) is 0 Å². The lowest BCUT2D eigenvalue weighted by Gasteiger charge is -2.08. The molecule has 2 rings (SSSR count). The summed E-state index contributed by atoms with van der Waals surface area (Å²) in [5.74, 6) is 0. The Kier molecular flexibility index (Phi) is 5.76. The van der Waals surface area contributed by atoms with Crippen LogP contribution in [0.1, 0.15) is 12.5 Å². The molecular weight excluding hydrogens is 342 g/mol. The topological polar surface area (TPSA) is 12.0 Å². The first-order valence-corrected chi connectivity index (χ1v) is 8.10. The quantitative estimate of drug-likeness (QED) is 0.773. The fourth-order valence-electron chi connectivity index (χ4n) is 1.66. The third-order valence-corrected chi connectivity index (χ3v) is 4.82. The maximum atomic E-state index is 6.00. The first-order valence-electron chi connectivity index (χ1n) is 6.11. The maximum absolute atomic E-state index is 6.00. The van der Waals surface area contributed by atoms with Crippen LogP contribution < -0.4 is 5.32 Å². The Morgan fingerprint density at radius 1 is 1.21 bits per heavy atom. The normalized spacial score (nSPS) is 10.7. The SMILES string of the molecule is CCNCc1ccc(Sc2cccc(Cl)c2)c(Br)c1. The first kappa shape index (κ1) is 14.9. The van der Waals surface area contributed by atoms with Gasteiger partial charge in [-0.25, -0.2) is 0 Å². The van der Waals surface area contributed by atoms with Crippen LogP contribution in [0.4, 0.5) is 0 Å². The van der Waals surface area contributed by atoms with Gasteiger partial charge in [-0.15, -0.1) is 0 Å². The van der Waals surface area contributed by atoms with Gasteiger partial charge >= 0.3 is 0 Å². The van der Waals surface area contributed by atoms with Gasteiger partial charge in [0.2, 0.25) is 0 Å². The van der Waals surface area contributed by atoms with Crippen LogP contribution in [0.3, 0.4) is 0 Å². The number of nitrogens with one attached hydrogen (secondary N) is 1. The van der Waals surface area contributed by atoms with E-state index in [4.69, 9.17) is 11.6 Å². The van der Waals surface area contributed by atoms with Crippen LogP contribution in [0, 0.1) is 0 Å². The van der Waals surface area contributed by atoms with E-state index in [1.54, 1.807) is 11.8 Å². The van der Waals surface area contributed by atoms with Crippen molar-refractivity contribution in [3.63, 3.8) is 0 Å². The Morgan fingerprint density at radius 2 is 2.05 bits per heavy atom. The van der Waals surface area contributed by atoms with Crippen molar-refractivity contribution in [2.45, 2.75) is 23.3 Å². The lowest BCUT2D eigenvalue weighted by atomic mass is 10.2. The number of rotatable bonds is 5. The van der Waals surface area contributed by atoms with Crippen molar-refractivity contribution < 1.29 is 0 Å². The van der Waals surface area contributed by atoms with E-state index < -0.39 is 0 Å². The van der Waals surface area contributed by atoms with Gasteiger partial charge in [-0.2, -0.15) is 0 Å². The molecule has 0 amide bonds. The molecular formula is C15H15BrClNS. The molecule has 4 heteroatoms. The van der Waals surface area contributed by atoms with Crippen LogP contribution in [0.15, 0.2) is 56.7 Å². The molecule has 0 atom stereocenters. The van der Waals surface area contributed by atoms with E-state index in [-0.39, 0.29) is 0 Å². The molecule has 100 valence electrons. The monoisotopic (exact) mass is 355 g/mol. The van der Waals surface area contributed by atoms with E-state index in [9.17, 15) is 0 Å². The molecule has 2 aromatic rings. The summed E-state index contributed by atoms with van der Waals surface area (Å²) in [7, 11) is 0. The molecule has 0 bridgehead atoms. The second-order valence-corrected chi connectivity index (χ2v) is 6.51. The lowest BCUT2D eigenvalue weighted by Crippen LogP contribution is -2.11. The Labute approximate surface area is 131 Å². The lowest BCUT2D eigenvalue weighted by molar-refractivity contribution is 0.726. The summed E-state index contributed by atoms with van der Waals surface area (Å²) in [6.07, 6.45) is 0. The second-order valence-electron chi connectivity index (χ2n) is 4.10. The molecule has 0 saturated heterocycles. The number of hydrogen-bond acceptors (Lipinski definition) is 2. The third kappa shape index (κ3) is 4.53. The highest BCUT2D eigenvalue weighted by Crippen LogP contribution is 2.34. The summed E-state index contributed by atoms with van der Waals surface area (Å²) in [5.41, 5.74) is 1.28. The van der Waals surface area contributed by atoms with Gasteiger partial charge in [-0.05, 0) is 58.4 Å². The highest BCUT2D eigenvalue weighted by molar-refractivity contribution is 9.10. The third-order valence-electron chi connectivity index (χ3n) is 2.60. The predicted octanol–water partition coefficient (Wildman–Crippen LogP) is 5.36. The van der Waals surface area contributed by atoms with Gasteiger partial charge in [-0.1, -0.05) is 42.4 Å². The Bertz CT molecular complexity index is 560. The average Bonchev–Trinajstić information content (AvgIpc) is 2.39. The van der Waals surface area contributed by atoms with Gasteiger partial charge in [0, 0.05) is 25.8 Å². The summed E-state index contributed by atoms with van der Waals surface area (Å²) >= 11 is 11.3. The molecule has 0 spiro atoms. The standard InChI is InChI=1S/C15H15BrClNS/c1-2-18-10-11-6-7-15(14(16)8-11)19-13-5-3-4-12(17)9-13/h3-9,18H,2,10H2,1H3. The van der Waals surface area contributed by atoms with E-state index in [0.717, 1.165) is 27.5 Å². The van der Waals surface area contributed by atoms with Crippen LogP contribution in [0.5, 0.6) is 0 Å². The van der Waals surface area contributed by atoms with Gasteiger partial charge in [0.15, 0.2) is 0 Å². The molecule has 0 aromatic heterocycles. The summed E-state index contributed by atoms with van der Waals surface area (Å²) in [5, 5.41) is 4.09. The van der Waals surface area contributed by atoms with Crippen molar-refractivity contribution in [3.05, 3.63) is 57.5 Å².